The summed E-state index contributed by atoms with van der Waals surface area (Å²) in [7, 11) is -1.89. The molecule has 0 N–H and O–H groups in total. The van der Waals surface area contributed by atoms with Gasteiger partial charge in [0.15, 0.2) is 14.1 Å². The van der Waals surface area contributed by atoms with E-state index in [2.05, 4.69) is 60.7 Å². The second kappa shape index (κ2) is 11.5. The molecule has 0 saturated carbocycles. The third-order valence-corrected chi connectivity index (χ3v) is 11.6. The van der Waals surface area contributed by atoms with Gasteiger partial charge in [0, 0.05) is 6.10 Å². The summed E-state index contributed by atoms with van der Waals surface area (Å²) in [5.41, 5.74) is 0.522. The molecule has 1 aromatic rings. The predicted molar refractivity (Wildman–Crippen MR) is 140 cm³/mol. The van der Waals surface area contributed by atoms with Gasteiger partial charge in [0.05, 0.1) is 11.7 Å². The van der Waals surface area contributed by atoms with E-state index in [-0.39, 0.29) is 35.2 Å². The van der Waals surface area contributed by atoms with E-state index in [1.807, 2.05) is 38.1 Å². The summed E-state index contributed by atoms with van der Waals surface area (Å²) in [6.45, 7) is 21.5. The molecule has 0 radical (unpaired) electrons. The SMILES string of the molecule is CCC[C@@H]1OC(C)(C)O[C@@H]1C(/C=C\[C@@H](C)[C@H](C)O[Si](C)(C)C(C)(C)C)OC(=O)c1ccccc1. The first kappa shape index (κ1) is 28.8. The van der Waals surface area contributed by atoms with Crippen LogP contribution < -0.4 is 0 Å². The fraction of sp³-hybridized carbons (Fsp3) is 0.679. The molecule has 0 aromatic heterocycles. The van der Waals surface area contributed by atoms with Crippen molar-refractivity contribution in [3.8, 4) is 0 Å². The van der Waals surface area contributed by atoms with Crippen molar-refractivity contribution in [2.45, 2.75) is 117 Å². The summed E-state index contributed by atoms with van der Waals surface area (Å²) in [5.74, 6) is -0.941. The van der Waals surface area contributed by atoms with Crippen LogP contribution >= 0.6 is 0 Å². The summed E-state index contributed by atoms with van der Waals surface area (Å²) in [6, 6.07) is 9.08. The molecular formula is C28H46O5Si. The van der Waals surface area contributed by atoms with E-state index in [1.165, 1.54) is 0 Å². The van der Waals surface area contributed by atoms with Gasteiger partial charge in [-0.3, -0.25) is 0 Å². The third-order valence-electron chi connectivity index (χ3n) is 7.00. The van der Waals surface area contributed by atoms with Crippen LogP contribution in [-0.4, -0.2) is 44.5 Å². The third kappa shape index (κ3) is 7.77. The molecule has 1 unspecified atom stereocenters. The maximum Gasteiger partial charge on any atom is 0.338 e. The summed E-state index contributed by atoms with van der Waals surface area (Å²) in [5, 5.41) is 0.145. The Labute approximate surface area is 208 Å². The Morgan fingerprint density at radius 1 is 1.12 bits per heavy atom. The van der Waals surface area contributed by atoms with Crippen molar-refractivity contribution in [3.05, 3.63) is 48.0 Å². The maximum atomic E-state index is 12.9. The molecule has 0 amide bonds. The standard InChI is InChI=1S/C28H46O5Si/c1-11-15-24-25(32-28(7,8)31-24)23(30-26(29)22-16-13-12-14-17-22)19-18-20(2)21(3)33-34(9,10)27(4,5)6/h12-14,16-21,23-25H,11,15H2,1-10H3/b19-18-/t20-,21+,23?,24+,25-/m1/s1. The van der Waals surface area contributed by atoms with Crippen molar-refractivity contribution < 1.29 is 23.4 Å². The molecule has 5 atom stereocenters. The fourth-order valence-corrected chi connectivity index (χ4v) is 5.32. The number of ether oxygens (including phenoxy) is 3. The van der Waals surface area contributed by atoms with Gasteiger partial charge in [0.1, 0.15) is 12.2 Å². The number of rotatable bonds is 10. The number of carbonyl (C=O) groups excluding carboxylic acids is 1. The Hall–Kier alpha value is -1.47. The molecule has 2 rings (SSSR count). The summed E-state index contributed by atoms with van der Waals surface area (Å²) < 4.78 is 25.0. The van der Waals surface area contributed by atoms with Crippen LogP contribution in [0.2, 0.25) is 18.1 Å². The molecule has 1 heterocycles. The molecule has 192 valence electrons. The average molecular weight is 491 g/mol. The molecule has 0 spiro atoms. The lowest BCUT2D eigenvalue weighted by Gasteiger charge is -2.39. The van der Waals surface area contributed by atoms with Crippen LogP contribution in [0.4, 0.5) is 0 Å². The van der Waals surface area contributed by atoms with Gasteiger partial charge in [0.25, 0.3) is 0 Å². The van der Waals surface area contributed by atoms with Gasteiger partial charge < -0.3 is 18.6 Å². The van der Waals surface area contributed by atoms with Gasteiger partial charge in [0.2, 0.25) is 0 Å². The van der Waals surface area contributed by atoms with E-state index in [0.29, 0.717) is 5.56 Å². The van der Waals surface area contributed by atoms with Gasteiger partial charge in [-0.1, -0.05) is 65.3 Å². The lowest BCUT2D eigenvalue weighted by Crippen LogP contribution is -2.44. The molecule has 6 heteroatoms. The van der Waals surface area contributed by atoms with Crippen LogP contribution in [0.15, 0.2) is 42.5 Å². The van der Waals surface area contributed by atoms with Gasteiger partial charge in [-0.05, 0) is 69.5 Å². The highest BCUT2D eigenvalue weighted by molar-refractivity contribution is 6.74. The Balaban J connectivity index is 2.24. The monoisotopic (exact) mass is 490 g/mol. The zero-order valence-electron chi connectivity index (χ0n) is 22.9. The normalized spacial score (nSPS) is 23.6. The molecule has 1 aliphatic rings. The minimum Gasteiger partial charge on any atom is -0.452 e. The van der Waals surface area contributed by atoms with Crippen LogP contribution in [0, 0.1) is 5.92 Å². The van der Waals surface area contributed by atoms with Gasteiger partial charge in [-0.15, -0.1) is 0 Å². The summed E-state index contributed by atoms with van der Waals surface area (Å²) in [6.07, 6.45) is 4.82. The number of hydrogen-bond acceptors (Lipinski definition) is 5. The number of benzene rings is 1. The molecule has 1 saturated heterocycles. The Bertz CT molecular complexity index is 812. The molecule has 5 nitrogen and oxygen atoms in total. The number of carbonyl (C=O) groups is 1. The van der Waals surface area contributed by atoms with Crippen molar-refractivity contribution >= 4 is 14.3 Å². The smallest absolute Gasteiger partial charge is 0.338 e. The fourth-order valence-electron chi connectivity index (χ4n) is 3.82. The molecule has 1 fully saturated rings. The van der Waals surface area contributed by atoms with Gasteiger partial charge in [-0.25, -0.2) is 4.79 Å². The van der Waals surface area contributed by atoms with Gasteiger partial charge >= 0.3 is 5.97 Å². The Kier molecular flexibility index (Phi) is 9.74. The van der Waals surface area contributed by atoms with Crippen LogP contribution in [0.25, 0.3) is 0 Å². The second-order valence-electron chi connectivity index (χ2n) is 11.5. The lowest BCUT2D eigenvalue weighted by atomic mass is 10.00. The molecule has 1 aromatic carbocycles. The maximum absolute atomic E-state index is 12.9. The first-order chi connectivity index (χ1) is 15.7. The summed E-state index contributed by atoms with van der Waals surface area (Å²) >= 11 is 0. The van der Waals surface area contributed by atoms with E-state index in [4.69, 9.17) is 18.6 Å². The van der Waals surface area contributed by atoms with Crippen molar-refractivity contribution in [1.29, 1.82) is 0 Å². The van der Waals surface area contributed by atoms with Crippen LogP contribution in [0.5, 0.6) is 0 Å². The molecular weight excluding hydrogens is 444 g/mol. The number of esters is 1. The minimum atomic E-state index is -1.89. The Morgan fingerprint density at radius 3 is 2.29 bits per heavy atom. The highest BCUT2D eigenvalue weighted by Gasteiger charge is 2.45. The highest BCUT2D eigenvalue weighted by Crippen LogP contribution is 2.38. The van der Waals surface area contributed by atoms with Crippen LogP contribution in [0.3, 0.4) is 0 Å². The van der Waals surface area contributed by atoms with E-state index in [1.54, 1.807) is 12.1 Å². The predicted octanol–water partition coefficient (Wildman–Crippen LogP) is 7.13. The largest absolute Gasteiger partial charge is 0.452 e. The molecule has 0 bridgehead atoms. The average Bonchev–Trinajstić information content (AvgIpc) is 3.04. The first-order valence-electron chi connectivity index (χ1n) is 12.6. The van der Waals surface area contributed by atoms with Crippen LogP contribution in [0.1, 0.15) is 78.6 Å². The highest BCUT2D eigenvalue weighted by atomic mass is 28.4. The van der Waals surface area contributed by atoms with Crippen molar-refractivity contribution in [2.75, 3.05) is 0 Å². The first-order valence-corrected chi connectivity index (χ1v) is 15.6. The van der Waals surface area contributed by atoms with E-state index in [0.717, 1.165) is 12.8 Å². The van der Waals surface area contributed by atoms with Crippen molar-refractivity contribution in [3.63, 3.8) is 0 Å². The zero-order chi connectivity index (χ0) is 25.7. The topological polar surface area (TPSA) is 54.0 Å². The zero-order valence-corrected chi connectivity index (χ0v) is 23.9. The second-order valence-corrected chi connectivity index (χ2v) is 16.2. The lowest BCUT2D eigenvalue weighted by molar-refractivity contribution is -0.153. The minimum absolute atomic E-state index is 0.0474. The van der Waals surface area contributed by atoms with E-state index < -0.39 is 20.2 Å². The van der Waals surface area contributed by atoms with E-state index in [9.17, 15) is 4.79 Å². The summed E-state index contributed by atoms with van der Waals surface area (Å²) in [4.78, 5) is 12.9. The van der Waals surface area contributed by atoms with Gasteiger partial charge in [-0.2, -0.15) is 0 Å². The molecule has 34 heavy (non-hydrogen) atoms. The van der Waals surface area contributed by atoms with E-state index >= 15 is 0 Å². The van der Waals surface area contributed by atoms with Crippen LogP contribution in [-0.2, 0) is 18.6 Å². The molecule has 1 aliphatic heterocycles. The van der Waals surface area contributed by atoms with Crippen molar-refractivity contribution in [1.82, 2.24) is 0 Å². The molecule has 0 aliphatic carbocycles. The quantitative estimate of drug-likeness (QED) is 0.198. The number of hydrogen-bond donors (Lipinski definition) is 0. The van der Waals surface area contributed by atoms with Crippen molar-refractivity contribution in [2.24, 2.45) is 5.92 Å². The Morgan fingerprint density at radius 2 is 1.74 bits per heavy atom.